The maximum atomic E-state index is 12.8. The lowest BCUT2D eigenvalue weighted by Crippen LogP contribution is -2.49. The number of non-ortho nitro benzene ring substituents is 1. The van der Waals surface area contributed by atoms with E-state index in [1.165, 1.54) is 42.5 Å². The van der Waals surface area contributed by atoms with Gasteiger partial charge in [-0.1, -0.05) is 12.1 Å². The highest BCUT2D eigenvalue weighted by Crippen LogP contribution is 2.23. The second-order valence-electron chi connectivity index (χ2n) is 6.43. The van der Waals surface area contributed by atoms with Crippen molar-refractivity contribution in [2.45, 2.75) is 11.8 Å². The first-order chi connectivity index (χ1) is 13.7. The van der Waals surface area contributed by atoms with E-state index >= 15 is 0 Å². The van der Waals surface area contributed by atoms with Gasteiger partial charge >= 0.3 is 0 Å². The number of nitrogens with one attached hydrogen (secondary N) is 2. The third kappa shape index (κ3) is 4.41. The first kappa shape index (κ1) is 20.4. The summed E-state index contributed by atoms with van der Waals surface area (Å²) in [7, 11) is -3.95. The van der Waals surface area contributed by atoms with Crippen molar-refractivity contribution in [3.05, 3.63) is 63.7 Å². The number of piperazine rings is 1. The molecule has 2 aromatic rings. The second kappa shape index (κ2) is 7.97. The van der Waals surface area contributed by atoms with Crippen molar-refractivity contribution in [2.24, 2.45) is 0 Å². The largest absolute Gasteiger partial charge is 0.354 e. The Balaban J connectivity index is 1.86. The molecule has 2 N–H and O–H groups in total. The Labute approximate surface area is 166 Å². The summed E-state index contributed by atoms with van der Waals surface area (Å²) >= 11 is 0. The van der Waals surface area contributed by atoms with E-state index in [-0.39, 0.29) is 41.5 Å². The lowest BCUT2D eigenvalue weighted by Gasteiger charge is -2.26. The van der Waals surface area contributed by atoms with Crippen molar-refractivity contribution >= 4 is 33.2 Å². The van der Waals surface area contributed by atoms with E-state index in [1.54, 1.807) is 6.92 Å². The normalized spacial score (nSPS) is 14.9. The van der Waals surface area contributed by atoms with E-state index < -0.39 is 26.8 Å². The Morgan fingerprint density at radius 1 is 1.24 bits per heavy atom. The maximum Gasteiger partial charge on any atom is 0.271 e. The van der Waals surface area contributed by atoms with Crippen LogP contribution in [0.1, 0.15) is 15.9 Å². The van der Waals surface area contributed by atoms with Crippen LogP contribution in [0.2, 0.25) is 0 Å². The van der Waals surface area contributed by atoms with Gasteiger partial charge in [-0.25, -0.2) is 8.42 Å². The molecule has 0 atom stereocenters. The topological polar surface area (TPSA) is 139 Å². The number of nitro groups is 1. The van der Waals surface area contributed by atoms with Gasteiger partial charge < -0.3 is 10.6 Å². The van der Waals surface area contributed by atoms with Crippen molar-refractivity contribution in [1.82, 2.24) is 9.62 Å². The number of carbonyl (C=O) groups is 2. The van der Waals surface area contributed by atoms with Crippen LogP contribution in [0.15, 0.2) is 47.4 Å². The number of carbonyl (C=O) groups excluding carboxylic acids is 2. The predicted octanol–water partition coefficient (Wildman–Crippen LogP) is 1.28. The summed E-state index contributed by atoms with van der Waals surface area (Å²) in [6.07, 6.45) is 0. The van der Waals surface area contributed by atoms with E-state index in [4.69, 9.17) is 0 Å². The number of nitro benzene ring substituents is 1. The van der Waals surface area contributed by atoms with Crippen LogP contribution in [0.3, 0.4) is 0 Å². The molecule has 11 heteroatoms. The molecule has 3 rings (SSSR count). The lowest BCUT2D eigenvalue weighted by molar-refractivity contribution is -0.384. The highest BCUT2D eigenvalue weighted by Gasteiger charge is 2.29. The van der Waals surface area contributed by atoms with Gasteiger partial charge in [0, 0.05) is 30.8 Å². The van der Waals surface area contributed by atoms with Crippen LogP contribution in [0.4, 0.5) is 11.4 Å². The average Bonchev–Trinajstić information content (AvgIpc) is 2.69. The Morgan fingerprint density at radius 2 is 2.00 bits per heavy atom. The number of anilines is 1. The van der Waals surface area contributed by atoms with Crippen molar-refractivity contribution in [2.75, 3.05) is 25.0 Å². The van der Waals surface area contributed by atoms with Gasteiger partial charge in [0.2, 0.25) is 15.9 Å². The van der Waals surface area contributed by atoms with E-state index in [2.05, 4.69) is 10.6 Å². The Morgan fingerprint density at radius 3 is 2.69 bits per heavy atom. The van der Waals surface area contributed by atoms with Crippen molar-refractivity contribution in [1.29, 1.82) is 0 Å². The number of aryl methyl sites for hydroxylation is 1. The van der Waals surface area contributed by atoms with Gasteiger partial charge in [0.25, 0.3) is 11.6 Å². The molecule has 29 heavy (non-hydrogen) atoms. The molecule has 10 nitrogen and oxygen atoms in total. The van der Waals surface area contributed by atoms with E-state index in [0.717, 1.165) is 4.31 Å². The molecule has 152 valence electrons. The highest BCUT2D eigenvalue weighted by molar-refractivity contribution is 7.89. The maximum absolute atomic E-state index is 12.8. The molecular weight excluding hydrogens is 400 g/mol. The van der Waals surface area contributed by atoms with Gasteiger partial charge in [0.15, 0.2) is 0 Å². The quantitative estimate of drug-likeness (QED) is 0.554. The molecule has 0 radical (unpaired) electrons. The number of hydrogen-bond acceptors (Lipinski definition) is 6. The number of hydrogen-bond donors (Lipinski definition) is 2. The molecule has 0 unspecified atom stereocenters. The summed E-state index contributed by atoms with van der Waals surface area (Å²) in [5, 5.41) is 16.1. The first-order valence-corrected chi connectivity index (χ1v) is 10.1. The predicted molar refractivity (Wildman–Crippen MR) is 104 cm³/mol. The summed E-state index contributed by atoms with van der Waals surface area (Å²) in [5.74, 6) is -1.00. The number of rotatable bonds is 5. The Bertz CT molecular complexity index is 1100. The van der Waals surface area contributed by atoms with Crippen LogP contribution in [0.25, 0.3) is 0 Å². The van der Waals surface area contributed by atoms with Gasteiger partial charge in [-0.15, -0.1) is 0 Å². The van der Waals surface area contributed by atoms with Crippen LogP contribution < -0.4 is 10.6 Å². The van der Waals surface area contributed by atoms with Gasteiger partial charge in [-0.2, -0.15) is 4.31 Å². The van der Waals surface area contributed by atoms with Crippen LogP contribution in [-0.4, -0.2) is 49.1 Å². The standard InChI is InChI=1S/C18H18N4O6S/c1-12-5-6-14(22(25)26)10-16(12)20-18(24)13-3-2-4-15(9-13)29(27,28)21-8-7-19-17(23)11-21/h2-6,9-10H,7-8,11H2,1H3,(H,19,23)(H,20,24). The molecule has 0 aliphatic carbocycles. The first-order valence-electron chi connectivity index (χ1n) is 8.62. The SMILES string of the molecule is Cc1ccc([N+](=O)[O-])cc1NC(=O)c1cccc(S(=O)(=O)N2CCNC(=O)C2)c1. The van der Waals surface area contributed by atoms with Crippen molar-refractivity contribution in [3.8, 4) is 0 Å². The molecule has 0 bridgehead atoms. The van der Waals surface area contributed by atoms with Crippen LogP contribution in [0, 0.1) is 17.0 Å². The van der Waals surface area contributed by atoms with Gasteiger partial charge in [-0.3, -0.25) is 19.7 Å². The smallest absolute Gasteiger partial charge is 0.271 e. The van der Waals surface area contributed by atoms with E-state index in [0.29, 0.717) is 5.56 Å². The summed E-state index contributed by atoms with van der Waals surface area (Å²) in [4.78, 5) is 34.4. The zero-order valence-electron chi connectivity index (χ0n) is 15.4. The number of benzene rings is 2. The van der Waals surface area contributed by atoms with Crippen molar-refractivity contribution < 1.29 is 22.9 Å². The molecule has 0 aromatic heterocycles. The third-order valence-corrected chi connectivity index (χ3v) is 6.26. The van der Waals surface area contributed by atoms with Crippen molar-refractivity contribution in [3.63, 3.8) is 0 Å². The minimum Gasteiger partial charge on any atom is -0.354 e. The lowest BCUT2D eigenvalue weighted by atomic mass is 10.1. The fourth-order valence-corrected chi connectivity index (χ4v) is 4.26. The number of nitrogens with zero attached hydrogens (tertiary/aromatic N) is 2. The van der Waals surface area contributed by atoms with E-state index in [9.17, 15) is 28.1 Å². The van der Waals surface area contributed by atoms with Gasteiger partial charge in [0.1, 0.15) is 0 Å². The summed E-state index contributed by atoms with van der Waals surface area (Å²) in [6.45, 7) is 1.74. The van der Waals surface area contributed by atoms with Crippen LogP contribution in [0.5, 0.6) is 0 Å². The van der Waals surface area contributed by atoms with Gasteiger partial charge in [-0.05, 0) is 30.7 Å². The highest BCUT2D eigenvalue weighted by atomic mass is 32.2. The second-order valence-corrected chi connectivity index (χ2v) is 8.36. The molecule has 0 saturated carbocycles. The molecule has 2 amide bonds. The van der Waals surface area contributed by atoms with Gasteiger partial charge in [0.05, 0.1) is 22.1 Å². The summed E-state index contributed by atoms with van der Waals surface area (Å²) < 4.78 is 26.6. The Hall–Kier alpha value is -3.31. The summed E-state index contributed by atoms with van der Waals surface area (Å²) in [5.41, 5.74) is 0.765. The monoisotopic (exact) mass is 418 g/mol. The molecule has 1 heterocycles. The van der Waals surface area contributed by atoms with E-state index in [1.807, 2.05) is 0 Å². The minimum atomic E-state index is -3.95. The average molecular weight is 418 g/mol. The molecule has 1 fully saturated rings. The number of sulfonamides is 1. The zero-order chi connectivity index (χ0) is 21.2. The fraction of sp³-hybridized carbons (Fsp3) is 0.222. The molecular formula is C18H18N4O6S. The molecule has 1 saturated heterocycles. The van der Waals surface area contributed by atoms with Crippen LogP contribution >= 0.6 is 0 Å². The Kier molecular flexibility index (Phi) is 5.62. The number of amides is 2. The molecule has 2 aromatic carbocycles. The summed E-state index contributed by atoms with van der Waals surface area (Å²) in [6, 6.07) is 9.49. The van der Waals surface area contributed by atoms with Crippen LogP contribution in [-0.2, 0) is 14.8 Å². The molecule has 0 spiro atoms. The zero-order valence-corrected chi connectivity index (χ0v) is 16.2. The third-order valence-electron chi connectivity index (χ3n) is 4.42. The minimum absolute atomic E-state index is 0.0680. The molecule has 1 aliphatic rings. The fourth-order valence-electron chi connectivity index (χ4n) is 2.82. The molecule has 1 aliphatic heterocycles.